The van der Waals surface area contributed by atoms with Crippen molar-refractivity contribution >= 4 is 11.8 Å². The summed E-state index contributed by atoms with van der Waals surface area (Å²) in [5.41, 5.74) is 1.05. The van der Waals surface area contributed by atoms with E-state index in [1.165, 1.54) is 4.90 Å². The molecular formula is C10H14O2S. The number of hydrogen-bond acceptors (Lipinski definition) is 3. The standard InChI is InChI=1S/C10H14O2S/c1-11-10(12-2)8-5-4-6-9(7-8)13-3/h4-7,10H,1-3H3. The van der Waals surface area contributed by atoms with Crippen molar-refractivity contribution in [3.63, 3.8) is 0 Å². The van der Waals surface area contributed by atoms with Gasteiger partial charge in [-0.2, -0.15) is 0 Å². The van der Waals surface area contributed by atoms with E-state index < -0.39 is 0 Å². The van der Waals surface area contributed by atoms with Gasteiger partial charge in [-0.05, 0) is 18.4 Å². The van der Waals surface area contributed by atoms with Crippen LogP contribution in [0.2, 0.25) is 0 Å². The molecule has 1 aromatic rings. The van der Waals surface area contributed by atoms with Gasteiger partial charge in [0.15, 0.2) is 6.29 Å². The molecule has 0 fully saturated rings. The van der Waals surface area contributed by atoms with Crippen LogP contribution in [0.25, 0.3) is 0 Å². The van der Waals surface area contributed by atoms with Crippen molar-refractivity contribution in [2.24, 2.45) is 0 Å². The summed E-state index contributed by atoms with van der Waals surface area (Å²) < 4.78 is 10.3. The van der Waals surface area contributed by atoms with Crippen LogP contribution >= 0.6 is 11.8 Å². The van der Waals surface area contributed by atoms with Crippen LogP contribution in [0, 0.1) is 0 Å². The highest BCUT2D eigenvalue weighted by atomic mass is 32.2. The summed E-state index contributed by atoms with van der Waals surface area (Å²) in [4.78, 5) is 1.22. The minimum Gasteiger partial charge on any atom is -0.352 e. The number of methoxy groups -OCH3 is 2. The molecule has 13 heavy (non-hydrogen) atoms. The molecule has 1 aromatic carbocycles. The lowest BCUT2D eigenvalue weighted by molar-refractivity contribution is -0.106. The van der Waals surface area contributed by atoms with Gasteiger partial charge in [0.1, 0.15) is 0 Å². The van der Waals surface area contributed by atoms with E-state index in [-0.39, 0.29) is 6.29 Å². The Morgan fingerprint density at radius 2 is 1.92 bits per heavy atom. The van der Waals surface area contributed by atoms with Gasteiger partial charge in [-0.15, -0.1) is 11.8 Å². The minimum atomic E-state index is -0.257. The molecule has 0 aliphatic heterocycles. The molecule has 0 spiro atoms. The van der Waals surface area contributed by atoms with Crippen molar-refractivity contribution in [2.45, 2.75) is 11.2 Å². The zero-order chi connectivity index (χ0) is 9.68. The largest absolute Gasteiger partial charge is 0.352 e. The molecule has 0 amide bonds. The van der Waals surface area contributed by atoms with Crippen molar-refractivity contribution < 1.29 is 9.47 Å². The van der Waals surface area contributed by atoms with Crippen molar-refractivity contribution in [1.82, 2.24) is 0 Å². The molecule has 0 atom stereocenters. The van der Waals surface area contributed by atoms with E-state index in [2.05, 4.69) is 12.1 Å². The Labute approximate surface area is 83.2 Å². The lowest BCUT2D eigenvalue weighted by Crippen LogP contribution is -2.03. The van der Waals surface area contributed by atoms with Gasteiger partial charge in [0.2, 0.25) is 0 Å². The summed E-state index contributed by atoms with van der Waals surface area (Å²) in [6.45, 7) is 0. The van der Waals surface area contributed by atoms with Crippen LogP contribution in [0.1, 0.15) is 11.9 Å². The molecule has 0 N–H and O–H groups in total. The quantitative estimate of drug-likeness (QED) is 0.547. The number of rotatable bonds is 4. The monoisotopic (exact) mass is 198 g/mol. The Morgan fingerprint density at radius 1 is 1.23 bits per heavy atom. The molecular weight excluding hydrogens is 184 g/mol. The topological polar surface area (TPSA) is 18.5 Å². The molecule has 0 unspecified atom stereocenters. The summed E-state index contributed by atoms with van der Waals surface area (Å²) in [5, 5.41) is 0. The van der Waals surface area contributed by atoms with E-state index in [1.807, 2.05) is 18.4 Å². The summed E-state index contributed by atoms with van der Waals surface area (Å²) >= 11 is 1.71. The molecule has 1 rings (SSSR count). The predicted octanol–water partition coefficient (Wildman–Crippen LogP) is 2.70. The fourth-order valence-corrected chi connectivity index (χ4v) is 1.63. The third-order valence-corrected chi connectivity index (χ3v) is 2.52. The summed E-state index contributed by atoms with van der Waals surface area (Å²) in [6.07, 6.45) is 1.79. The van der Waals surface area contributed by atoms with Crippen LogP contribution < -0.4 is 0 Å². The fraction of sp³-hybridized carbons (Fsp3) is 0.400. The Bertz CT molecular complexity index is 259. The maximum atomic E-state index is 5.15. The van der Waals surface area contributed by atoms with Gasteiger partial charge in [-0.25, -0.2) is 0 Å². The molecule has 0 heterocycles. The van der Waals surface area contributed by atoms with E-state index in [0.29, 0.717) is 0 Å². The summed E-state index contributed by atoms with van der Waals surface area (Å²) in [6, 6.07) is 8.14. The highest BCUT2D eigenvalue weighted by Crippen LogP contribution is 2.22. The normalized spacial score (nSPS) is 10.8. The second-order valence-corrected chi connectivity index (χ2v) is 3.46. The number of benzene rings is 1. The third-order valence-electron chi connectivity index (χ3n) is 1.79. The van der Waals surface area contributed by atoms with E-state index >= 15 is 0 Å². The first-order chi connectivity index (χ1) is 6.31. The second-order valence-electron chi connectivity index (χ2n) is 2.58. The molecule has 0 aliphatic rings. The van der Waals surface area contributed by atoms with Crippen molar-refractivity contribution in [1.29, 1.82) is 0 Å². The third kappa shape index (κ3) is 2.72. The first-order valence-corrected chi connectivity index (χ1v) is 5.24. The maximum absolute atomic E-state index is 5.15. The van der Waals surface area contributed by atoms with Gasteiger partial charge in [0.05, 0.1) is 0 Å². The minimum absolute atomic E-state index is 0.257. The number of ether oxygens (including phenoxy) is 2. The fourth-order valence-electron chi connectivity index (χ4n) is 1.16. The Kier molecular flexibility index (Phi) is 4.28. The SMILES string of the molecule is COC(OC)c1cccc(SC)c1. The van der Waals surface area contributed by atoms with Crippen LogP contribution in [0.4, 0.5) is 0 Å². The maximum Gasteiger partial charge on any atom is 0.183 e. The smallest absolute Gasteiger partial charge is 0.183 e. The summed E-state index contributed by atoms with van der Waals surface area (Å²) in [5.74, 6) is 0. The van der Waals surface area contributed by atoms with Gasteiger partial charge in [-0.3, -0.25) is 0 Å². The highest BCUT2D eigenvalue weighted by Gasteiger charge is 2.08. The predicted molar refractivity (Wildman–Crippen MR) is 55.0 cm³/mol. The molecule has 0 radical (unpaired) electrons. The zero-order valence-electron chi connectivity index (χ0n) is 8.11. The van der Waals surface area contributed by atoms with E-state index in [0.717, 1.165) is 5.56 Å². The van der Waals surface area contributed by atoms with Crippen LogP contribution in [-0.4, -0.2) is 20.5 Å². The summed E-state index contributed by atoms with van der Waals surface area (Å²) in [7, 11) is 3.28. The first kappa shape index (κ1) is 10.6. The van der Waals surface area contributed by atoms with Gasteiger partial charge >= 0.3 is 0 Å². The van der Waals surface area contributed by atoms with Gasteiger partial charge in [0.25, 0.3) is 0 Å². The molecule has 72 valence electrons. The van der Waals surface area contributed by atoms with E-state index in [1.54, 1.807) is 26.0 Å². The van der Waals surface area contributed by atoms with Crippen LogP contribution in [0.5, 0.6) is 0 Å². The lowest BCUT2D eigenvalue weighted by Gasteiger charge is -2.13. The molecule has 0 aromatic heterocycles. The molecule has 0 bridgehead atoms. The van der Waals surface area contributed by atoms with E-state index in [9.17, 15) is 0 Å². The lowest BCUT2D eigenvalue weighted by atomic mass is 10.2. The van der Waals surface area contributed by atoms with Gasteiger partial charge < -0.3 is 9.47 Å². The molecule has 0 saturated carbocycles. The number of hydrogen-bond donors (Lipinski definition) is 0. The Morgan fingerprint density at radius 3 is 2.46 bits per heavy atom. The molecule has 2 nitrogen and oxygen atoms in total. The van der Waals surface area contributed by atoms with Crippen molar-refractivity contribution in [3.05, 3.63) is 29.8 Å². The molecule has 3 heteroatoms. The van der Waals surface area contributed by atoms with Crippen molar-refractivity contribution in [3.8, 4) is 0 Å². The average Bonchev–Trinajstić information content (AvgIpc) is 2.20. The molecule has 0 aliphatic carbocycles. The van der Waals surface area contributed by atoms with Gasteiger partial charge in [-0.1, -0.05) is 12.1 Å². The second kappa shape index (κ2) is 5.27. The van der Waals surface area contributed by atoms with Crippen LogP contribution in [-0.2, 0) is 9.47 Å². The van der Waals surface area contributed by atoms with Gasteiger partial charge in [0, 0.05) is 24.7 Å². The number of thioether (sulfide) groups is 1. The van der Waals surface area contributed by atoms with Crippen molar-refractivity contribution in [2.75, 3.05) is 20.5 Å². The van der Waals surface area contributed by atoms with Crippen LogP contribution in [0.15, 0.2) is 29.2 Å². The Balaban J connectivity index is 2.86. The first-order valence-electron chi connectivity index (χ1n) is 4.01. The van der Waals surface area contributed by atoms with E-state index in [4.69, 9.17) is 9.47 Å². The Hall–Kier alpha value is -0.510. The van der Waals surface area contributed by atoms with Crippen LogP contribution in [0.3, 0.4) is 0 Å². The highest BCUT2D eigenvalue weighted by molar-refractivity contribution is 7.98. The molecule has 0 saturated heterocycles. The average molecular weight is 198 g/mol. The zero-order valence-corrected chi connectivity index (χ0v) is 8.93.